The van der Waals surface area contributed by atoms with Gasteiger partial charge < -0.3 is 9.15 Å². The molecule has 0 amide bonds. The number of hydrogen-bond acceptors (Lipinski definition) is 4. The molecule has 0 saturated heterocycles. The van der Waals surface area contributed by atoms with Gasteiger partial charge in [-0.1, -0.05) is 18.6 Å². The standard InChI is InChI=1S/C23H17F2NO4/c1-29-17-10-3-7-13-21(27)19-18(30-22(13)17)11-16(12-5-2-6-12)26(23(19)28)15-9-4-8-14(24)20(15)25/h3-4,7-12H,2,5-6H2,1H3. The average molecular weight is 409 g/mol. The van der Waals surface area contributed by atoms with Gasteiger partial charge in [-0.3, -0.25) is 14.2 Å². The van der Waals surface area contributed by atoms with E-state index in [4.69, 9.17) is 9.15 Å². The Labute approximate surface area is 169 Å². The fourth-order valence-electron chi connectivity index (χ4n) is 4.02. The van der Waals surface area contributed by atoms with E-state index in [1.807, 2.05) is 0 Å². The minimum Gasteiger partial charge on any atom is -0.493 e. The number of aromatic nitrogens is 1. The normalized spacial score (nSPS) is 14.2. The van der Waals surface area contributed by atoms with Crippen molar-refractivity contribution in [3.63, 3.8) is 0 Å². The largest absolute Gasteiger partial charge is 0.493 e. The van der Waals surface area contributed by atoms with Crippen molar-refractivity contribution in [1.82, 2.24) is 4.57 Å². The SMILES string of the molecule is COc1cccc2c(=O)c3c(=O)n(-c4cccc(F)c4F)c(C4CCC4)cc3oc12. The molecule has 4 aromatic rings. The summed E-state index contributed by atoms with van der Waals surface area (Å²) in [7, 11) is 1.46. The lowest BCUT2D eigenvalue weighted by molar-refractivity contribution is 0.401. The summed E-state index contributed by atoms with van der Waals surface area (Å²) in [6.45, 7) is 0. The van der Waals surface area contributed by atoms with Crippen molar-refractivity contribution in [1.29, 1.82) is 0 Å². The maximum atomic E-state index is 14.6. The van der Waals surface area contributed by atoms with Gasteiger partial charge in [0, 0.05) is 11.8 Å². The second kappa shape index (κ2) is 6.79. The van der Waals surface area contributed by atoms with Crippen LogP contribution in [0.5, 0.6) is 5.75 Å². The summed E-state index contributed by atoms with van der Waals surface area (Å²) in [5.74, 6) is -1.83. The molecule has 0 aliphatic heterocycles. The third-order valence-corrected chi connectivity index (χ3v) is 5.78. The number of fused-ring (bicyclic) bond motifs is 2. The van der Waals surface area contributed by atoms with Crippen molar-refractivity contribution in [3.8, 4) is 11.4 Å². The van der Waals surface area contributed by atoms with Gasteiger partial charge in [0.25, 0.3) is 5.56 Å². The molecular weight excluding hydrogens is 392 g/mol. The van der Waals surface area contributed by atoms with Crippen LogP contribution in [0.4, 0.5) is 8.78 Å². The fraction of sp³-hybridized carbons (Fsp3) is 0.217. The third kappa shape index (κ3) is 2.58. The highest BCUT2D eigenvalue weighted by Gasteiger charge is 2.28. The minimum atomic E-state index is -1.13. The number of hydrogen-bond donors (Lipinski definition) is 0. The van der Waals surface area contributed by atoms with E-state index < -0.39 is 22.6 Å². The summed E-state index contributed by atoms with van der Waals surface area (Å²) < 4.78 is 40.9. The highest BCUT2D eigenvalue weighted by atomic mass is 19.2. The van der Waals surface area contributed by atoms with E-state index in [0.29, 0.717) is 11.4 Å². The van der Waals surface area contributed by atoms with Crippen molar-refractivity contribution in [2.24, 2.45) is 0 Å². The smallest absolute Gasteiger partial charge is 0.270 e. The lowest BCUT2D eigenvalue weighted by atomic mass is 9.82. The Morgan fingerprint density at radius 2 is 1.87 bits per heavy atom. The van der Waals surface area contributed by atoms with Crippen LogP contribution in [0.25, 0.3) is 27.6 Å². The molecule has 30 heavy (non-hydrogen) atoms. The van der Waals surface area contributed by atoms with Crippen LogP contribution < -0.4 is 15.7 Å². The van der Waals surface area contributed by atoms with Crippen LogP contribution in [0.1, 0.15) is 30.9 Å². The Balaban J connectivity index is 1.95. The number of ether oxygens (including phenoxy) is 1. The van der Waals surface area contributed by atoms with Gasteiger partial charge in [-0.05, 0) is 43.0 Å². The number of nitrogens with zero attached hydrogens (tertiary/aromatic N) is 1. The zero-order valence-electron chi connectivity index (χ0n) is 16.1. The molecule has 152 valence electrons. The molecule has 5 nitrogen and oxygen atoms in total. The quantitative estimate of drug-likeness (QED) is 0.462. The Morgan fingerprint density at radius 1 is 1.10 bits per heavy atom. The Kier molecular flexibility index (Phi) is 4.20. The molecule has 0 unspecified atom stereocenters. The number of methoxy groups -OCH3 is 1. The number of para-hydroxylation sites is 1. The van der Waals surface area contributed by atoms with Crippen molar-refractivity contribution >= 4 is 21.9 Å². The maximum absolute atomic E-state index is 14.6. The summed E-state index contributed by atoms with van der Waals surface area (Å²) in [4.78, 5) is 26.6. The van der Waals surface area contributed by atoms with Gasteiger partial charge in [0.2, 0.25) is 5.43 Å². The third-order valence-electron chi connectivity index (χ3n) is 5.78. The summed E-state index contributed by atoms with van der Waals surface area (Å²) in [5.41, 5.74) is -0.629. The fourth-order valence-corrected chi connectivity index (χ4v) is 4.02. The van der Waals surface area contributed by atoms with Crippen LogP contribution in [0.2, 0.25) is 0 Å². The Morgan fingerprint density at radius 3 is 2.57 bits per heavy atom. The van der Waals surface area contributed by atoms with Gasteiger partial charge in [0.05, 0.1) is 18.2 Å². The molecule has 0 N–H and O–H groups in total. The second-order valence-corrected chi connectivity index (χ2v) is 7.42. The van der Waals surface area contributed by atoms with Crippen molar-refractivity contribution in [2.45, 2.75) is 25.2 Å². The second-order valence-electron chi connectivity index (χ2n) is 7.42. The van der Waals surface area contributed by atoms with E-state index in [9.17, 15) is 18.4 Å². The van der Waals surface area contributed by atoms with E-state index in [2.05, 4.69) is 0 Å². The highest BCUT2D eigenvalue weighted by molar-refractivity contribution is 5.92. The lowest BCUT2D eigenvalue weighted by Crippen LogP contribution is -2.29. The number of halogens is 2. The van der Waals surface area contributed by atoms with Gasteiger partial charge in [0.15, 0.2) is 23.0 Å². The lowest BCUT2D eigenvalue weighted by Gasteiger charge is -2.28. The number of benzene rings is 2. The first kappa shape index (κ1) is 18.5. The van der Waals surface area contributed by atoms with E-state index in [1.54, 1.807) is 18.2 Å². The number of pyridine rings is 1. The van der Waals surface area contributed by atoms with E-state index in [-0.39, 0.29) is 33.5 Å². The molecule has 1 fully saturated rings. The summed E-state index contributed by atoms with van der Waals surface area (Å²) in [6.07, 6.45) is 2.59. The summed E-state index contributed by atoms with van der Waals surface area (Å²) in [5, 5.41) is -0.0240. The van der Waals surface area contributed by atoms with Crippen LogP contribution in [-0.4, -0.2) is 11.7 Å². The van der Waals surface area contributed by atoms with Crippen LogP contribution in [0, 0.1) is 11.6 Å². The van der Waals surface area contributed by atoms with E-state index in [0.717, 1.165) is 29.9 Å². The minimum absolute atomic E-state index is 0.0107. The zero-order valence-corrected chi connectivity index (χ0v) is 16.1. The maximum Gasteiger partial charge on any atom is 0.270 e. The molecule has 0 radical (unpaired) electrons. The summed E-state index contributed by atoms with van der Waals surface area (Å²) >= 11 is 0. The van der Waals surface area contributed by atoms with Gasteiger partial charge in [-0.2, -0.15) is 0 Å². The van der Waals surface area contributed by atoms with Gasteiger partial charge in [-0.15, -0.1) is 0 Å². The summed E-state index contributed by atoms with van der Waals surface area (Å²) in [6, 6.07) is 10.1. The predicted octanol–water partition coefficient (Wildman–Crippen LogP) is 4.65. The van der Waals surface area contributed by atoms with Crippen LogP contribution in [-0.2, 0) is 0 Å². The van der Waals surface area contributed by atoms with Crippen LogP contribution >= 0.6 is 0 Å². The van der Waals surface area contributed by atoms with E-state index in [1.165, 1.54) is 25.3 Å². The van der Waals surface area contributed by atoms with Gasteiger partial charge >= 0.3 is 0 Å². The molecule has 1 aliphatic carbocycles. The first-order valence-electron chi connectivity index (χ1n) is 9.65. The molecule has 7 heteroatoms. The van der Waals surface area contributed by atoms with E-state index >= 15 is 0 Å². The number of rotatable bonds is 3. The Hall–Kier alpha value is -3.48. The molecule has 0 spiro atoms. The topological polar surface area (TPSA) is 61.4 Å². The molecule has 5 rings (SSSR count). The molecule has 2 aromatic carbocycles. The molecule has 1 aliphatic rings. The predicted molar refractivity (Wildman–Crippen MR) is 109 cm³/mol. The molecule has 2 aromatic heterocycles. The molecule has 1 saturated carbocycles. The Bertz CT molecular complexity index is 1430. The van der Waals surface area contributed by atoms with Crippen molar-refractivity contribution in [2.75, 3.05) is 7.11 Å². The van der Waals surface area contributed by atoms with Gasteiger partial charge in [0.1, 0.15) is 11.0 Å². The molecule has 2 heterocycles. The zero-order chi connectivity index (χ0) is 21.0. The first-order chi connectivity index (χ1) is 14.5. The molecule has 0 bridgehead atoms. The molecular formula is C23H17F2NO4. The first-order valence-corrected chi connectivity index (χ1v) is 9.65. The molecule has 0 atom stereocenters. The van der Waals surface area contributed by atoms with Crippen LogP contribution in [0.15, 0.2) is 56.5 Å². The van der Waals surface area contributed by atoms with Gasteiger partial charge in [-0.25, -0.2) is 8.78 Å². The average Bonchev–Trinajstić information content (AvgIpc) is 2.69. The van der Waals surface area contributed by atoms with Crippen LogP contribution in [0.3, 0.4) is 0 Å². The van der Waals surface area contributed by atoms with Crippen molar-refractivity contribution in [3.05, 3.63) is 80.4 Å². The highest BCUT2D eigenvalue weighted by Crippen LogP contribution is 2.38. The monoisotopic (exact) mass is 409 g/mol. The van der Waals surface area contributed by atoms with Crippen molar-refractivity contribution < 1.29 is 17.9 Å².